The number of nitrogens with one attached hydrogen (secondary N) is 1. The van der Waals surface area contributed by atoms with E-state index in [1.54, 1.807) is 0 Å². The first-order valence-corrected chi connectivity index (χ1v) is 6.36. The molecular formula is C13H20ClNO2. The maximum absolute atomic E-state index is 11.9. The van der Waals surface area contributed by atoms with Gasteiger partial charge in [-0.15, -0.1) is 11.6 Å². The number of hydrogen-bond acceptors (Lipinski definition) is 2. The fourth-order valence-corrected chi connectivity index (χ4v) is 1.96. The largest absolute Gasteiger partial charge is 0.466 e. The van der Waals surface area contributed by atoms with E-state index < -0.39 is 0 Å². The molecule has 96 valence electrons. The van der Waals surface area contributed by atoms with Gasteiger partial charge < -0.3 is 9.73 Å². The molecule has 1 aromatic rings. The third-order valence-electron chi connectivity index (χ3n) is 2.85. The quantitative estimate of drug-likeness (QED) is 0.649. The summed E-state index contributed by atoms with van der Waals surface area (Å²) >= 11 is 5.84. The summed E-state index contributed by atoms with van der Waals surface area (Å²) in [6.07, 6.45) is 1.80. The Morgan fingerprint density at radius 2 is 2.00 bits per heavy atom. The summed E-state index contributed by atoms with van der Waals surface area (Å²) in [5.74, 6) is 1.43. The molecule has 1 unspecified atom stereocenters. The van der Waals surface area contributed by atoms with Crippen LogP contribution in [0.1, 0.15) is 47.2 Å². The van der Waals surface area contributed by atoms with Gasteiger partial charge in [0.15, 0.2) is 0 Å². The Hall–Kier alpha value is -0.960. The summed E-state index contributed by atoms with van der Waals surface area (Å²) in [6.45, 7) is 8.20. The average Bonchev–Trinajstić information content (AvgIpc) is 2.48. The third kappa shape index (κ3) is 3.77. The lowest BCUT2D eigenvalue weighted by molar-refractivity contribution is 0.0951. The first-order valence-electron chi connectivity index (χ1n) is 5.92. The molecule has 0 aliphatic carbocycles. The molecule has 1 N–H and O–H groups in total. The summed E-state index contributed by atoms with van der Waals surface area (Å²) < 4.78 is 5.43. The van der Waals surface area contributed by atoms with Gasteiger partial charge in [-0.1, -0.05) is 0 Å². The van der Waals surface area contributed by atoms with Crippen LogP contribution in [0.5, 0.6) is 0 Å². The van der Waals surface area contributed by atoms with Crippen LogP contribution in [0.3, 0.4) is 0 Å². The lowest BCUT2D eigenvalue weighted by Gasteiger charge is -2.06. The second-order valence-electron chi connectivity index (χ2n) is 4.39. The summed E-state index contributed by atoms with van der Waals surface area (Å²) in [4.78, 5) is 11.9. The first-order chi connectivity index (χ1) is 7.93. The van der Waals surface area contributed by atoms with Crippen LogP contribution >= 0.6 is 11.6 Å². The van der Waals surface area contributed by atoms with Crippen LogP contribution in [-0.2, 0) is 0 Å². The molecule has 4 heteroatoms. The third-order valence-corrected chi connectivity index (χ3v) is 3.07. The number of halogens is 1. The molecule has 0 spiro atoms. The Kier molecular flexibility index (Phi) is 5.06. The van der Waals surface area contributed by atoms with Crippen molar-refractivity contribution in [2.75, 3.05) is 6.54 Å². The molecule has 0 aliphatic heterocycles. The van der Waals surface area contributed by atoms with E-state index >= 15 is 0 Å². The van der Waals surface area contributed by atoms with E-state index in [1.165, 1.54) is 0 Å². The Morgan fingerprint density at radius 3 is 2.47 bits per heavy atom. The Labute approximate surface area is 108 Å². The molecule has 0 aliphatic rings. The fourth-order valence-electron chi connectivity index (χ4n) is 1.80. The van der Waals surface area contributed by atoms with Crippen LogP contribution in [0.4, 0.5) is 0 Å². The highest BCUT2D eigenvalue weighted by molar-refractivity contribution is 6.20. The number of rotatable bonds is 5. The van der Waals surface area contributed by atoms with E-state index in [4.69, 9.17) is 16.0 Å². The van der Waals surface area contributed by atoms with E-state index in [2.05, 4.69) is 5.32 Å². The van der Waals surface area contributed by atoms with Gasteiger partial charge >= 0.3 is 0 Å². The van der Waals surface area contributed by atoms with Crippen molar-refractivity contribution in [3.05, 3.63) is 22.6 Å². The molecule has 17 heavy (non-hydrogen) atoms. The predicted molar refractivity (Wildman–Crippen MR) is 69.8 cm³/mol. The van der Waals surface area contributed by atoms with Gasteiger partial charge in [-0.2, -0.15) is 0 Å². The molecule has 0 fully saturated rings. The van der Waals surface area contributed by atoms with Gasteiger partial charge in [0.05, 0.1) is 5.56 Å². The number of hydrogen-bond donors (Lipinski definition) is 1. The predicted octanol–water partition coefficient (Wildman–Crippen LogP) is 3.34. The molecule has 1 rings (SSSR count). The minimum absolute atomic E-state index is 0.0564. The number of carbonyl (C=O) groups is 1. The Bertz CT molecular complexity index is 396. The molecule has 0 radical (unpaired) electrons. The lowest BCUT2D eigenvalue weighted by atomic mass is 10.1. The first kappa shape index (κ1) is 14.1. The van der Waals surface area contributed by atoms with E-state index in [0.717, 1.165) is 24.2 Å². The summed E-state index contributed by atoms with van der Waals surface area (Å²) in [6, 6.07) is 0. The van der Waals surface area contributed by atoms with Crippen molar-refractivity contribution in [2.24, 2.45) is 0 Å². The topological polar surface area (TPSA) is 42.2 Å². The molecule has 0 bridgehead atoms. The summed E-state index contributed by atoms with van der Waals surface area (Å²) in [7, 11) is 0. The molecule has 0 aromatic carbocycles. The van der Waals surface area contributed by atoms with Gasteiger partial charge in [-0.25, -0.2) is 0 Å². The van der Waals surface area contributed by atoms with Crippen LogP contribution in [-0.4, -0.2) is 17.8 Å². The average molecular weight is 258 g/mol. The minimum atomic E-state index is -0.0564. The second-order valence-corrected chi connectivity index (χ2v) is 5.14. The van der Waals surface area contributed by atoms with Gasteiger partial charge in [0, 0.05) is 17.5 Å². The van der Waals surface area contributed by atoms with Crippen LogP contribution in [0.25, 0.3) is 0 Å². The lowest BCUT2D eigenvalue weighted by Crippen LogP contribution is -2.25. The van der Waals surface area contributed by atoms with Gasteiger partial charge in [0.25, 0.3) is 5.91 Å². The van der Waals surface area contributed by atoms with Crippen molar-refractivity contribution in [1.82, 2.24) is 5.32 Å². The van der Waals surface area contributed by atoms with E-state index in [9.17, 15) is 4.79 Å². The minimum Gasteiger partial charge on any atom is -0.466 e. The highest BCUT2D eigenvalue weighted by Crippen LogP contribution is 2.20. The number of amides is 1. The van der Waals surface area contributed by atoms with Crippen molar-refractivity contribution < 1.29 is 9.21 Å². The highest BCUT2D eigenvalue weighted by Gasteiger charge is 2.17. The van der Waals surface area contributed by atoms with Crippen molar-refractivity contribution >= 4 is 17.5 Å². The zero-order valence-electron chi connectivity index (χ0n) is 10.9. The van der Waals surface area contributed by atoms with E-state index in [1.807, 2.05) is 27.7 Å². The SMILES string of the molecule is Cc1oc(C)c(C(=O)NCCCC(C)Cl)c1C. The zero-order chi connectivity index (χ0) is 13.0. The summed E-state index contributed by atoms with van der Waals surface area (Å²) in [5, 5.41) is 3.05. The number of carbonyl (C=O) groups excluding carboxylic acids is 1. The van der Waals surface area contributed by atoms with Crippen LogP contribution in [0, 0.1) is 20.8 Å². The molecule has 3 nitrogen and oxygen atoms in total. The smallest absolute Gasteiger partial charge is 0.255 e. The molecule has 1 atom stereocenters. The van der Waals surface area contributed by atoms with Crippen molar-refractivity contribution in [3.8, 4) is 0 Å². The van der Waals surface area contributed by atoms with Crippen molar-refractivity contribution in [1.29, 1.82) is 0 Å². The summed E-state index contributed by atoms with van der Waals surface area (Å²) in [5.41, 5.74) is 1.59. The monoisotopic (exact) mass is 257 g/mol. The maximum atomic E-state index is 11.9. The fraction of sp³-hybridized carbons (Fsp3) is 0.615. The van der Waals surface area contributed by atoms with Gasteiger partial charge in [0.1, 0.15) is 11.5 Å². The van der Waals surface area contributed by atoms with Crippen LogP contribution < -0.4 is 5.32 Å². The molecular weight excluding hydrogens is 238 g/mol. The Balaban J connectivity index is 2.53. The number of furan rings is 1. The molecule has 1 amide bonds. The molecule has 0 saturated carbocycles. The van der Waals surface area contributed by atoms with Crippen LogP contribution in [0.15, 0.2) is 4.42 Å². The van der Waals surface area contributed by atoms with Crippen LogP contribution in [0.2, 0.25) is 0 Å². The Morgan fingerprint density at radius 1 is 1.35 bits per heavy atom. The van der Waals surface area contributed by atoms with Crippen molar-refractivity contribution in [2.45, 2.75) is 45.9 Å². The van der Waals surface area contributed by atoms with Gasteiger partial charge in [-0.05, 0) is 40.5 Å². The second kappa shape index (κ2) is 6.10. The molecule has 1 aromatic heterocycles. The molecule has 1 heterocycles. The highest BCUT2D eigenvalue weighted by atomic mass is 35.5. The standard InChI is InChI=1S/C13H20ClNO2/c1-8(14)6-5-7-15-13(16)12-9(2)10(3)17-11(12)4/h8H,5-7H2,1-4H3,(H,15,16). The van der Waals surface area contributed by atoms with Gasteiger partial charge in [0.2, 0.25) is 0 Å². The number of alkyl halides is 1. The van der Waals surface area contributed by atoms with Gasteiger partial charge in [-0.3, -0.25) is 4.79 Å². The zero-order valence-corrected chi connectivity index (χ0v) is 11.6. The normalized spacial score (nSPS) is 12.5. The van der Waals surface area contributed by atoms with E-state index in [-0.39, 0.29) is 11.3 Å². The van der Waals surface area contributed by atoms with Crippen molar-refractivity contribution in [3.63, 3.8) is 0 Å². The van der Waals surface area contributed by atoms with E-state index in [0.29, 0.717) is 17.9 Å². The maximum Gasteiger partial charge on any atom is 0.255 e. The number of aryl methyl sites for hydroxylation is 2. The molecule has 0 saturated heterocycles.